The van der Waals surface area contributed by atoms with Gasteiger partial charge in [0.2, 0.25) is 0 Å². The highest BCUT2D eigenvalue weighted by atomic mass is 16.6. The van der Waals surface area contributed by atoms with Gasteiger partial charge in [0.05, 0.1) is 0 Å². The Labute approximate surface area is 72.8 Å². The lowest BCUT2D eigenvalue weighted by atomic mass is 10.1. The van der Waals surface area contributed by atoms with E-state index in [1.807, 2.05) is 0 Å². The Morgan fingerprint density at radius 2 is 2.17 bits per heavy atom. The molecule has 1 heterocycles. The van der Waals surface area contributed by atoms with Gasteiger partial charge in [-0.1, -0.05) is 24.3 Å². The van der Waals surface area contributed by atoms with E-state index in [1.54, 1.807) is 0 Å². The first-order valence-electron chi connectivity index (χ1n) is 4.16. The minimum atomic E-state index is 0.186. The molecule has 2 nitrogen and oxygen atoms in total. The Morgan fingerprint density at radius 3 is 2.67 bits per heavy atom. The van der Waals surface area contributed by atoms with Crippen molar-refractivity contribution in [1.29, 1.82) is 0 Å². The van der Waals surface area contributed by atoms with Crippen LogP contribution in [0.3, 0.4) is 0 Å². The third-order valence-electron chi connectivity index (χ3n) is 2.29. The summed E-state index contributed by atoms with van der Waals surface area (Å²) in [7, 11) is 2.07. The predicted molar refractivity (Wildman–Crippen MR) is 47.6 cm³/mol. The molecule has 0 bridgehead atoms. The van der Waals surface area contributed by atoms with E-state index in [9.17, 15) is 0 Å². The summed E-state index contributed by atoms with van der Waals surface area (Å²) in [6, 6.07) is 8.34. The fraction of sp³-hybridized carbons (Fsp3) is 0.400. The number of benzene rings is 1. The second kappa shape index (κ2) is 2.88. The molecule has 1 aliphatic heterocycles. The highest BCUT2D eigenvalue weighted by Crippen LogP contribution is 2.29. The summed E-state index contributed by atoms with van der Waals surface area (Å²) < 4.78 is 5.44. The van der Waals surface area contributed by atoms with E-state index < -0.39 is 0 Å². The predicted octanol–water partition coefficient (Wildman–Crippen LogP) is 1.91. The molecule has 1 aromatic carbocycles. The Balaban J connectivity index is 2.27. The third-order valence-corrected chi connectivity index (χ3v) is 2.29. The van der Waals surface area contributed by atoms with E-state index in [1.165, 1.54) is 11.1 Å². The summed E-state index contributed by atoms with van der Waals surface area (Å²) >= 11 is 0. The van der Waals surface area contributed by atoms with E-state index in [4.69, 9.17) is 4.74 Å². The quantitative estimate of drug-likeness (QED) is 0.627. The number of nitrogens with zero attached hydrogens (tertiary/aromatic N) is 1. The molecule has 0 spiro atoms. The average molecular weight is 163 g/mol. The summed E-state index contributed by atoms with van der Waals surface area (Å²) in [5.41, 5.74) is 2.58. The smallest absolute Gasteiger partial charge is 0.140 e. The minimum absolute atomic E-state index is 0.186. The Bertz CT molecular complexity index is 285. The first kappa shape index (κ1) is 7.77. The largest absolute Gasteiger partial charge is 0.343 e. The molecule has 0 aromatic heterocycles. The van der Waals surface area contributed by atoms with E-state index in [2.05, 4.69) is 43.1 Å². The second-order valence-electron chi connectivity index (χ2n) is 3.26. The molecule has 1 aromatic rings. The van der Waals surface area contributed by atoms with Crippen molar-refractivity contribution in [2.75, 3.05) is 13.8 Å². The van der Waals surface area contributed by atoms with Gasteiger partial charge in [-0.05, 0) is 25.1 Å². The van der Waals surface area contributed by atoms with Gasteiger partial charge in [-0.25, -0.2) is 0 Å². The molecule has 0 radical (unpaired) electrons. The Morgan fingerprint density at radius 1 is 1.42 bits per heavy atom. The summed E-state index contributed by atoms with van der Waals surface area (Å²) in [6.45, 7) is 2.86. The lowest BCUT2D eigenvalue weighted by Gasteiger charge is -2.38. The molecule has 1 atom stereocenters. The van der Waals surface area contributed by atoms with Crippen molar-refractivity contribution >= 4 is 0 Å². The van der Waals surface area contributed by atoms with Crippen molar-refractivity contribution in [2.24, 2.45) is 0 Å². The molecule has 1 saturated heterocycles. The van der Waals surface area contributed by atoms with Crippen molar-refractivity contribution in [3.63, 3.8) is 0 Å². The summed E-state index contributed by atoms with van der Waals surface area (Å²) in [4.78, 5) is 2.18. The van der Waals surface area contributed by atoms with E-state index in [0.29, 0.717) is 0 Å². The van der Waals surface area contributed by atoms with Crippen LogP contribution in [0, 0.1) is 6.92 Å². The molecule has 0 amide bonds. The minimum Gasteiger partial charge on any atom is -0.343 e. The zero-order valence-corrected chi connectivity index (χ0v) is 7.45. The normalized spacial score (nSPS) is 23.7. The first-order valence-corrected chi connectivity index (χ1v) is 4.16. The molecule has 1 fully saturated rings. The molecule has 2 rings (SSSR count). The molecule has 64 valence electrons. The topological polar surface area (TPSA) is 12.5 Å². The van der Waals surface area contributed by atoms with Gasteiger partial charge in [-0.15, -0.1) is 0 Å². The maximum absolute atomic E-state index is 5.44. The van der Waals surface area contributed by atoms with Gasteiger partial charge in [-0.3, -0.25) is 4.90 Å². The maximum Gasteiger partial charge on any atom is 0.140 e. The molecular formula is C10H13NO. The van der Waals surface area contributed by atoms with Gasteiger partial charge in [0, 0.05) is 0 Å². The van der Waals surface area contributed by atoms with Crippen LogP contribution in [-0.4, -0.2) is 18.7 Å². The van der Waals surface area contributed by atoms with Crippen molar-refractivity contribution in [1.82, 2.24) is 4.90 Å². The maximum atomic E-state index is 5.44. The molecule has 2 heteroatoms. The molecule has 0 saturated carbocycles. The summed E-state index contributed by atoms with van der Waals surface area (Å²) in [5.74, 6) is 0. The van der Waals surface area contributed by atoms with Gasteiger partial charge < -0.3 is 4.74 Å². The molecule has 1 unspecified atom stereocenters. The van der Waals surface area contributed by atoms with Gasteiger partial charge in [-0.2, -0.15) is 0 Å². The fourth-order valence-electron chi connectivity index (χ4n) is 1.49. The molecular weight excluding hydrogens is 150 g/mol. The van der Waals surface area contributed by atoms with E-state index in [0.717, 1.165) is 6.73 Å². The van der Waals surface area contributed by atoms with Gasteiger partial charge in [0.15, 0.2) is 0 Å². The summed E-state index contributed by atoms with van der Waals surface area (Å²) in [6.07, 6.45) is 0.186. The van der Waals surface area contributed by atoms with Gasteiger partial charge >= 0.3 is 0 Å². The zero-order chi connectivity index (χ0) is 8.55. The lowest BCUT2D eigenvalue weighted by molar-refractivity contribution is -0.211. The molecule has 0 N–H and O–H groups in total. The number of hydrogen-bond donors (Lipinski definition) is 0. The first-order chi connectivity index (χ1) is 5.79. The fourth-order valence-corrected chi connectivity index (χ4v) is 1.49. The van der Waals surface area contributed by atoms with Crippen molar-refractivity contribution < 1.29 is 4.74 Å². The molecule has 1 aliphatic rings. The van der Waals surface area contributed by atoms with Gasteiger partial charge in [0.1, 0.15) is 13.0 Å². The van der Waals surface area contributed by atoms with Crippen LogP contribution in [0.25, 0.3) is 0 Å². The van der Waals surface area contributed by atoms with Crippen LogP contribution in [0.2, 0.25) is 0 Å². The number of hydrogen-bond acceptors (Lipinski definition) is 2. The lowest BCUT2D eigenvalue weighted by Crippen LogP contribution is -2.40. The Hall–Kier alpha value is -0.860. The highest BCUT2D eigenvalue weighted by molar-refractivity contribution is 5.28. The zero-order valence-electron chi connectivity index (χ0n) is 7.45. The second-order valence-corrected chi connectivity index (χ2v) is 3.26. The SMILES string of the molecule is Cc1ccccc1C1OCN1C. The van der Waals surface area contributed by atoms with E-state index >= 15 is 0 Å². The highest BCUT2D eigenvalue weighted by Gasteiger charge is 2.27. The third kappa shape index (κ3) is 1.13. The van der Waals surface area contributed by atoms with Crippen LogP contribution in [-0.2, 0) is 4.74 Å². The monoisotopic (exact) mass is 163 g/mol. The van der Waals surface area contributed by atoms with Gasteiger partial charge in [0.25, 0.3) is 0 Å². The van der Waals surface area contributed by atoms with Crippen molar-refractivity contribution in [3.05, 3.63) is 35.4 Å². The van der Waals surface area contributed by atoms with Crippen LogP contribution < -0.4 is 0 Å². The van der Waals surface area contributed by atoms with Crippen LogP contribution in [0.4, 0.5) is 0 Å². The van der Waals surface area contributed by atoms with Crippen LogP contribution in [0.15, 0.2) is 24.3 Å². The van der Waals surface area contributed by atoms with Crippen LogP contribution in [0.1, 0.15) is 17.4 Å². The standard InChI is InChI=1S/C10H13NO/c1-8-5-3-4-6-9(8)10-11(2)7-12-10/h3-6,10H,7H2,1-2H3. The molecule has 12 heavy (non-hydrogen) atoms. The van der Waals surface area contributed by atoms with Crippen molar-refractivity contribution in [2.45, 2.75) is 13.2 Å². The van der Waals surface area contributed by atoms with Crippen LogP contribution in [0.5, 0.6) is 0 Å². The average Bonchev–Trinajstić information content (AvgIpc) is 2.06. The van der Waals surface area contributed by atoms with Crippen LogP contribution >= 0.6 is 0 Å². The number of ether oxygens (including phenoxy) is 1. The van der Waals surface area contributed by atoms with Crippen molar-refractivity contribution in [3.8, 4) is 0 Å². The summed E-state index contributed by atoms with van der Waals surface area (Å²) in [5, 5.41) is 0. The molecule has 0 aliphatic carbocycles. The Kier molecular flexibility index (Phi) is 1.87. The van der Waals surface area contributed by atoms with E-state index in [-0.39, 0.29) is 6.23 Å². The number of aryl methyl sites for hydroxylation is 1. The number of rotatable bonds is 1.